The van der Waals surface area contributed by atoms with E-state index in [0.29, 0.717) is 0 Å². The molecule has 0 aliphatic heterocycles. The van der Waals surface area contributed by atoms with Gasteiger partial charge in [0.15, 0.2) is 17.5 Å². The van der Waals surface area contributed by atoms with Gasteiger partial charge >= 0.3 is 0 Å². The Hall–Kier alpha value is -2.67. The summed E-state index contributed by atoms with van der Waals surface area (Å²) < 4.78 is 52.5. The van der Waals surface area contributed by atoms with Gasteiger partial charge in [0.25, 0.3) is 0 Å². The Morgan fingerprint density at radius 3 is 2.72 bits per heavy atom. The average molecular weight is 447 g/mol. The lowest BCUT2D eigenvalue weighted by molar-refractivity contribution is 0.235. The molecule has 0 radical (unpaired) electrons. The minimum atomic E-state index is -1.54. The Kier molecular flexibility index (Phi) is 6.37. The fourth-order valence-electron chi connectivity index (χ4n) is 2.47. The quantitative estimate of drug-likeness (QED) is 0.226. The Bertz CT molecular complexity index is 1120. The molecule has 3 rings (SSSR count). The Balaban J connectivity index is 2.07. The van der Waals surface area contributed by atoms with Gasteiger partial charge in [-0.25, -0.2) is 27.4 Å². The Morgan fingerprint density at radius 2 is 2.07 bits per heavy atom. The largest absolute Gasteiger partial charge is 0.355 e. The lowest BCUT2D eigenvalue weighted by Gasteiger charge is -2.08. The van der Waals surface area contributed by atoms with Crippen molar-refractivity contribution in [3.05, 3.63) is 52.3 Å². The average Bonchev–Trinajstić information content (AvgIpc) is 3.10. The number of anilines is 1. The van der Waals surface area contributed by atoms with Gasteiger partial charge in [0.1, 0.15) is 11.3 Å². The summed E-state index contributed by atoms with van der Waals surface area (Å²) in [5.74, 6) is -3.20. The molecule has 29 heavy (non-hydrogen) atoms. The van der Waals surface area contributed by atoms with Crippen LogP contribution in [0, 0.1) is 17.5 Å². The third kappa shape index (κ3) is 4.67. The van der Waals surface area contributed by atoms with Gasteiger partial charge in [-0.3, -0.25) is 15.8 Å². The van der Waals surface area contributed by atoms with E-state index in [9.17, 15) is 22.6 Å². The Morgan fingerprint density at radius 1 is 1.31 bits per heavy atom. The van der Waals surface area contributed by atoms with Crippen LogP contribution in [0.15, 0.2) is 29.3 Å². The molecule has 3 aromatic rings. The first-order valence-corrected chi connectivity index (χ1v) is 9.74. The van der Waals surface area contributed by atoms with Crippen LogP contribution >= 0.6 is 11.6 Å². The second kappa shape index (κ2) is 8.78. The maximum Gasteiger partial charge on any atom is 0.201 e. The van der Waals surface area contributed by atoms with Crippen LogP contribution in [0.4, 0.5) is 24.8 Å². The first-order chi connectivity index (χ1) is 13.8. The van der Waals surface area contributed by atoms with E-state index in [1.165, 1.54) is 12.1 Å². The maximum atomic E-state index is 14.2. The smallest absolute Gasteiger partial charge is 0.201 e. The monoisotopic (exact) mass is 446 g/mol. The molecule has 0 bridgehead atoms. The van der Waals surface area contributed by atoms with Crippen LogP contribution in [-0.4, -0.2) is 37.5 Å². The number of benzene rings is 2. The second-order valence-corrected chi connectivity index (χ2v) is 7.29. The molecule has 13 heteroatoms. The number of rotatable bonds is 6. The lowest BCUT2D eigenvalue weighted by atomic mass is 10.1. The standard InChI is InChI=1S/C16H14ClF3N6O2S/c17-9-5-7(1-2-10(9)18)23-15(26-27)8-6-11(19)12(20)14-13(8)24-16(25-14)22-3-4-29(21)28/h1-2,5-6,27H,3-4,21H2,(H,23,26)(H2,22,24,25). The molecule has 0 fully saturated rings. The molecule has 0 aliphatic carbocycles. The third-order valence-electron chi connectivity index (χ3n) is 3.76. The predicted octanol–water partition coefficient (Wildman–Crippen LogP) is 2.72. The van der Waals surface area contributed by atoms with Crippen molar-refractivity contribution in [3.8, 4) is 0 Å². The van der Waals surface area contributed by atoms with Gasteiger partial charge in [-0.05, 0) is 24.3 Å². The maximum absolute atomic E-state index is 14.2. The molecule has 1 atom stereocenters. The van der Waals surface area contributed by atoms with E-state index in [1.54, 1.807) is 5.48 Å². The fourth-order valence-corrected chi connectivity index (χ4v) is 2.95. The molecule has 8 nitrogen and oxygen atoms in total. The molecule has 154 valence electrons. The minimum Gasteiger partial charge on any atom is -0.355 e. The molecule has 1 aromatic heterocycles. The summed E-state index contributed by atoms with van der Waals surface area (Å²) in [4.78, 5) is 10.7. The molecular formula is C16H14ClF3N6O2S. The van der Waals surface area contributed by atoms with Crippen molar-refractivity contribution in [1.82, 2.24) is 15.4 Å². The predicted molar refractivity (Wildman–Crippen MR) is 104 cm³/mol. The van der Waals surface area contributed by atoms with Gasteiger partial charge in [-0.2, -0.15) is 0 Å². The number of nitrogens with two attached hydrogens (primary N) is 1. The summed E-state index contributed by atoms with van der Waals surface area (Å²) >= 11 is 5.71. The van der Waals surface area contributed by atoms with E-state index in [0.717, 1.165) is 12.1 Å². The molecule has 6 N–H and O–H groups in total. The van der Waals surface area contributed by atoms with Gasteiger partial charge in [-0.15, -0.1) is 0 Å². The summed E-state index contributed by atoms with van der Waals surface area (Å²) in [6.45, 7) is 0.162. The van der Waals surface area contributed by atoms with Crippen molar-refractivity contribution >= 4 is 51.1 Å². The first-order valence-electron chi connectivity index (χ1n) is 7.98. The Labute approximate surface area is 169 Å². The van der Waals surface area contributed by atoms with Crippen molar-refractivity contribution in [3.63, 3.8) is 0 Å². The molecule has 1 unspecified atom stereocenters. The lowest BCUT2D eigenvalue weighted by Crippen LogP contribution is -2.21. The number of H-pyrrole nitrogens is 1. The van der Waals surface area contributed by atoms with E-state index in [-0.39, 0.29) is 51.4 Å². The topological polar surface area (TPSA) is 128 Å². The molecule has 0 aliphatic rings. The SMILES string of the molecule is NS(=O)CCNc1nc2c(F)c(F)cc(C(=Nc3ccc(F)c(Cl)c3)NO)c2[nH]1. The highest BCUT2D eigenvalue weighted by Crippen LogP contribution is 2.27. The van der Waals surface area contributed by atoms with Gasteiger partial charge in [0.05, 0.1) is 33.0 Å². The number of hydroxylamine groups is 1. The second-order valence-electron chi connectivity index (χ2n) is 5.71. The van der Waals surface area contributed by atoms with Crippen molar-refractivity contribution < 1.29 is 22.6 Å². The zero-order valence-corrected chi connectivity index (χ0v) is 16.0. The highest BCUT2D eigenvalue weighted by molar-refractivity contribution is 7.82. The number of nitrogens with zero attached hydrogens (tertiary/aromatic N) is 2. The molecule has 0 saturated heterocycles. The van der Waals surface area contributed by atoms with E-state index in [1.807, 2.05) is 0 Å². The summed E-state index contributed by atoms with van der Waals surface area (Å²) in [6.07, 6.45) is 0. The summed E-state index contributed by atoms with van der Waals surface area (Å²) in [6, 6.07) is 4.35. The van der Waals surface area contributed by atoms with E-state index in [4.69, 9.17) is 16.7 Å². The van der Waals surface area contributed by atoms with Crippen LogP contribution in [0.5, 0.6) is 0 Å². The number of hydrogen-bond acceptors (Lipinski definition) is 5. The number of amidine groups is 1. The zero-order valence-electron chi connectivity index (χ0n) is 14.5. The van der Waals surface area contributed by atoms with Crippen molar-refractivity contribution in [2.24, 2.45) is 10.1 Å². The van der Waals surface area contributed by atoms with E-state index in [2.05, 4.69) is 20.3 Å². The van der Waals surface area contributed by atoms with Crippen molar-refractivity contribution in [2.75, 3.05) is 17.6 Å². The van der Waals surface area contributed by atoms with Crippen LogP contribution in [0.2, 0.25) is 5.02 Å². The van der Waals surface area contributed by atoms with Crippen LogP contribution < -0.4 is 15.9 Å². The van der Waals surface area contributed by atoms with Gasteiger partial charge in [0, 0.05) is 12.1 Å². The molecule has 2 aromatic carbocycles. The van der Waals surface area contributed by atoms with E-state index < -0.39 is 28.4 Å². The van der Waals surface area contributed by atoms with Crippen LogP contribution in [-0.2, 0) is 11.0 Å². The van der Waals surface area contributed by atoms with Crippen molar-refractivity contribution in [2.45, 2.75) is 0 Å². The number of hydrogen-bond donors (Lipinski definition) is 5. The minimum absolute atomic E-state index is 0.0220. The van der Waals surface area contributed by atoms with E-state index >= 15 is 0 Å². The number of imidazole rings is 1. The molecule has 0 amide bonds. The zero-order chi connectivity index (χ0) is 21.1. The summed E-state index contributed by atoms with van der Waals surface area (Å²) in [5.41, 5.74) is 1.57. The normalized spacial score (nSPS) is 13.0. The fraction of sp³-hybridized carbons (Fsp3) is 0.125. The molecular weight excluding hydrogens is 433 g/mol. The van der Waals surface area contributed by atoms with Crippen molar-refractivity contribution in [1.29, 1.82) is 0 Å². The van der Waals surface area contributed by atoms with Gasteiger partial charge in [-0.1, -0.05) is 11.6 Å². The summed E-state index contributed by atoms with van der Waals surface area (Å²) in [7, 11) is -1.54. The number of aromatic nitrogens is 2. The highest BCUT2D eigenvalue weighted by atomic mass is 35.5. The van der Waals surface area contributed by atoms with Crippen LogP contribution in [0.3, 0.4) is 0 Å². The van der Waals surface area contributed by atoms with Gasteiger partial charge < -0.3 is 10.3 Å². The number of aliphatic imine (C=N–C) groups is 1. The molecule has 1 heterocycles. The molecule has 0 spiro atoms. The number of halogens is 4. The third-order valence-corrected chi connectivity index (χ3v) is 4.66. The number of fused-ring (bicyclic) bond motifs is 1. The van der Waals surface area contributed by atoms with Gasteiger partial charge in [0.2, 0.25) is 5.95 Å². The number of aromatic amines is 1. The van der Waals surface area contributed by atoms with Crippen LogP contribution in [0.25, 0.3) is 11.0 Å². The summed E-state index contributed by atoms with van der Waals surface area (Å²) in [5, 5.41) is 17.2. The highest BCUT2D eigenvalue weighted by Gasteiger charge is 2.20. The van der Waals surface area contributed by atoms with Crippen LogP contribution in [0.1, 0.15) is 5.56 Å². The molecule has 0 saturated carbocycles. The number of nitrogens with one attached hydrogen (secondary N) is 3. The first kappa shape index (κ1) is 21.0.